The molecule has 0 atom stereocenters. The largest absolute Gasteiger partial charge is 0.503 e. The average Bonchev–Trinajstić information content (AvgIpc) is 2.17. The summed E-state index contributed by atoms with van der Waals surface area (Å²) >= 11 is 0. The fourth-order valence-corrected chi connectivity index (χ4v) is 0.995. The Kier molecular flexibility index (Phi) is 5.94. The van der Waals surface area contributed by atoms with E-state index in [9.17, 15) is 0 Å². The Balaban J connectivity index is 0.000000364. The van der Waals surface area contributed by atoms with Gasteiger partial charge in [0.05, 0.1) is 7.11 Å². The van der Waals surface area contributed by atoms with Crippen LogP contribution in [0.4, 0.5) is 4.79 Å². The summed E-state index contributed by atoms with van der Waals surface area (Å²) in [6, 6.07) is 8.08. The van der Waals surface area contributed by atoms with Crippen molar-refractivity contribution in [3.8, 4) is 5.75 Å². The van der Waals surface area contributed by atoms with Crippen LogP contribution in [0, 0.1) is 0 Å². The lowest BCUT2D eigenvalue weighted by molar-refractivity contribution is 0.137. The molecular formula is C10H14O4. The van der Waals surface area contributed by atoms with Gasteiger partial charge in [-0.1, -0.05) is 25.1 Å². The van der Waals surface area contributed by atoms with Gasteiger partial charge in [0.1, 0.15) is 5.75 Å². The van der Waals surface area contributed by atoms with Gasteiger partial charge in [0, 0.05) is 0 Å². The Morgan fingerprint density at radius 1 is 1.36 bits per heavy atom. The van der Waals surface area contributed by atoms with Crippen molar-refractivity contribution >= 4 is 6.16 Å². The summed E-state index contributed by atoms with van der Waals surface area (Å²) in [5.41, 5.74) is 1.27. The molecular weight excluding hydrogens is 184 g/mol. The Morgan fingerprint density at radius 3 is 2.21 bits per heavy atom. The summed E-state index contributed by atoms with van der Waals surface area (Å²) in [6.45, 7) is 2.12. The first-order valence-electron chi connectivity index (χ1n) is 4.15. The Hall–Kier alpha value is -1.71. The zero-order valence-electron chi connectivity index (χ0n) is 8.23. The highest BCUT2D eigenvalue weighted by molar-refractivity contribution is 5.53. The third kappa shape index (κ3) is 5.03. The molecule has 0 bridgehead atoms. The molecule has 0 aromatic heterocycles. The van der Waals surface area contributed by atoms with Gasteiger partial charge in [0.2, 0.25) is 0 Å². The molecule has 0 spiro atoms. The molecule has 0 saturated carbocycles. The van der Waals surface area contributed by atoms with Crippen molar-refractivity contribution in [1.29, 1.82) is 0 Å². The molecule has 4 nitrogen and oxygen atoms in total. The summed E-state index contributed by atoms with van der Waals surface area (Å²) in [4.78, 5) is 8.56. The number of hydrogen-bond acceptors (Lipinski definition) is 2. The Labute approximate surface area is 82.8 Å². The first-order chi connectivity index (χ1) is 6.61. The molecule has 0 aliphatic carbocycles. The minimum absolute atomic E-state index is 0.991. The number of carbonyl (C=O) groups is 1. The maximum Gasteiger partial charge on any atom is 0.503 e. The molecule has 1 rings (SSSR count). The molecule has 1 aromatic rings. The lowest BCUT2D eigenvalue weighted by Gasteiger charge is -2.03. The Bertz CT molecular complexity index is 256. The van der Waals surface area contributed by atoms with E-state index >= 15 is 0 Å². The standard InChI is InChI=1S/C9H12O.CH2O3/c1-3-8-6-4-5-7-9(8)10-2;2-1(3)4/h4-7H,3H2,1-2H3;(H2,2,3,4). The Morgan fingerprint density at radius 2 is 1.86 bits per heavy atom. The molecule has 14 heavy (non-hydrogen) atoms. The second kappa shape index (κ2) is 6.77. The van der Waals surface area contributed by atoms with E-state index in [1.165, 1.54) is 5.56 Å². The lowest BCUT2D eigenvalue weighted by Crippen LogP contribution is -1.88. The van der Waals surface area contributed by atoms with E-state index < -0.39 is 6.16 Å². The highest BCUT2D eigenvalue weighted by Gasteiger charge is 1.95. The van der Waals surface area contributed by atoms with Crippen LogP contribution in [-0.2, 0) is 6.42 Å². The number of ether oxygens (including phenoxy) is 1. The van der Waals surface area contributed by atoms with E-state index in [2.05, 4.69) is 13.0 Å². The quantitative estimate of drug-likeness (QED) is 0.766. The van der Waals surface area contributed by atoms with Crippen LogP contribution in [0.5, 0.6) is 5.75 Å². The van der Waals surface area contributed by atoms with Gasteiger partial charge in [-0.3, -0.25) is 0 Å². The van der Waals surface area contributed by atoms with E-state index in [4.69, 9.17) is 19.7 Å². The number of aryl methyl sites for hydroxylation is 1. The highest BCUT2D eigenvalue weighted by Crippen LogP contribution is 2.16. The van der Waals surface area contributed by atoms with E-state index in [0.29, 0.717) is 0 Å². The van der Waals surface area contributed by atoms with Gasteiger partial charge < -0.3 is 14.9 Å². The van der Waals surface area contributed by atoms with Crippen LogP contribution in [0.3, 0.4) is 0 Å². The van der Waals surface area contributed by atoms with Crippen LogP contribution in [0.1, 0.15) is 12.5 Å². The van der Waals surface area contributed by atoms with Gasteiger partial charge in [0.25, 0.3) is 0 Å². The predicted molar refractivity (Wildman–Crippen MR) is 53.0 cm³/mol. The number of methoxy groups -OCH3 is 1. The van der Waals surface area contributed by atoms with Gasteiger partial charge in [-0.2, -0.15) is 0 Å². The normalized spacial score (nSPS) is 8.43. The highest BCUT2D eigenvalue weighted by atomic mass is 16.6. The summed E-state index contributed by atoms with van der Waals surface area (Å²) in [6.07, 6.45) is -0.802. The second-order valence-corrected chi connectivity index (χ2v) is 2.45. The minimum atomic E-state index is -1.83. The first kappa shape index (κ1) is 12.3. The molecule has 4 heteroatoms. The fourth-order valence-electron chi connectivity index (χ4n) is 0.995. The summed E-state index contributed by atoms with van der Waals surface area (Å²) in [5, 5.41) is 13.9. The zero-order valence-corrected chi connectivity index (χ0v) is 8.23. The zero-order chi connectivity index (χ0) is 11.0. The number of rotatable bonds is 2. The molecule has 0 radical (unpaired) electrons. The molecule has 0 aliphatic heterocycles. The monoisotopic (exact) mass is 198 g/mol. The van der Waals surface area contributed by atoms with Gasteiger partial charge in [0.15, 0.2) is 0 Å². The topological polar surface area (TPSA) is 66.8 Å². The third-order valence-electron chi connectivity index (χ3n) is 1.57. The van der Waals surface area contributed by atoms with Gasteiger partial charge in [-0.15, -0.1) is 0 Å². The molecule has 0 saturated heterocycles. The van der Waals surface area contributed by atoms with Crippen molar-refractivity contribution in [3.63, 3.8) is 0 Å². The molecule has 0 heterocycles. The van der Waals surface area contributed by atoms with E-state index in [-0.39, 0.29) is 0 Å². The predicted octanol–water partition coefficient (Wildman–Crippen LogP) is 2.48. The summed E-state index contributed by atoms with van der Waals surface area (Å²) in [5.74, 6) is 0.991. The summed E-state index contributed by atoms with van der Waals surface area (Å²) < 4.78 is 5.14. The van der Waals surface area contributed by atoms with Crippen molar-refractivity contribution in [1.82, 2.24) is 0 Å². The molecule has 78 valence electrons. The lowest BCUT2D eigenvalue weighted by atomic mass is 10.1. The van der Waals surface area contributed by atoms with Crippen molar-refractivity contribution in [2.75, 3.05) is 7.11 Å². The minimum Gasteiger partial charge on any atom is -0.496 e. The van der Waals surface area contributed by atoms with Crippen molar-refractivity contribution in [2.45, 2.75) is 13.3 Å². The molecule has 0 fully saturated rings. The third-order valence-corrected chi connectivity index (χ3v) is 1.57. The molecule has 1 aromatic carbocycles. The van der Waals surface area contributed by atoms with E-state index in [1.807, 2.05) is 18.2 Å². The molecule has 0 aliphatic rings. The van der Waals surface area contributed by atoms with Crippen molar-refractivity contribution in [2.24, 2.45) is 0 Å². The van der Waals surface area contributed by atoms with Crippen LogP contribution in [0.2, 0.25) is 0 Å². The van der Waals surface area contributed by atoms with Crippen LogP contribution in [-0.4, -0.2) is 23.5 Å². The van der Waals surface area contributed by atoms with E-state index in [0.717, 1.165) is 12.2 Å². The van der Waals surface area contributed by atoms with Crippen LogP contribution in [0.25, 0.3) is 0 Å². The van der Waals surface area contributed by atoms with Crippen LogP contribution >= 0.6 is 0 Å². The average molecular weight is 198 g/mol. The van der Waals surface area contributed by atoms with Gasteiger partial charge in [-0.25, -0.2) is 4.79 Å². The SMILES string of the molecule is CCc1ccccc1OC.O=C(O)O. The maximum atomic E-state index is 8.56. The summed E-state index contributed by atoms with van der Waals surface area (Å²) in [7, 11) is 1.70. The second-order valence-electron chi connectivity index (χ2n) is 2.45. The van der Waals surface area contributed by atoms with E-state index in [1.54, 1.807) is 7.11 Å². The van der Waals surface area contributed by atoms with Crippen molar-refractivity contribution < 1.29 is 19.7 Å². The molecule has 0 amide bonds. The molecule has 2 N–H and O–H groups in total. The van der Waals surface area contributed by atoms with Gasteiger partial charge in [-0.05, 0) is 18.1 Å². The first-order valence-corrected chi connectivity index (χ1v) is 4.15. The van der Waals surface area contributed by atoms with Crippen LogP contribution < -0.4 is 4.74 Å². The van der Waals surface area contributed by atoms with Gasteiger partial charge >= 0.3 is 6.16 Å². The maximum absolute atomic E-state index is 8.56. The number of hydrogen-bond donors (Lipinski definition) is 2. The van der Waals surface area contributed by atoms with Crippen LogP contribution in [0.15, 0.2) is 24.3 Å². The molecule has 0 unspecified atom stereocenters. The number of carboxylic acid groups (broad SMARTS) is 2. The number of para-hydroxylation sites is 1. The smallest absolute Gasteiger partial charge is 0.496 e. The van der Waals surface area contributed by atoms with Crippen molar-refractivity contribution in [3.05, 3.63) is 29.8 Å². The number of benzene rings is 1. The fraction of sp³-hybridized carbons (Fsp3) is 0.300.